The Hall–Kier alpha value is -5.66. The third-order valence-corrected chi connectivity index (χ3v) is 8.43. The molecule has 0 aliphatic rings. The molecule has 0 saturated heterocycles. The van der Waals surface area contributed by atoms with Crippen molar-refractivity contribution in [3.05, 3.63) is 170 Å². The van der Waals surface area contributed by atoms with Gasteiger partial charge in [-0.2, -0.15) is 0 Å². The Morgan fingerprint density at radius 2 is 0.767 bits per heavy atom. The fourth-order valence-corrected chi connectivity index (χ4v) is 6.53. The van der Waals surface area contributed by atoms with Gasteiger partial charge in [-0.1, -0.05) is 158 Å². The SMILES string of the molecule is c1ccc(-c2cc(-c3ccccc3)c(-c3cccc4c3[nH]c3ccccc34)c(-c3ccccc3)c2-c2ccccc2)cc1. The Kier molecular flexibility index (Phi) is 6.20. The number of para-hydroxylation sites is 2. The van der Waals surface area contributed by atoms with E-state index in [9.17, 15) is 0 Å². The second-order valence-electron chi connectivity index (χ2n) is 11.0. The molecule has 0 unspecified atom stereocenters. The van der Waals surface area contributed by atoms with E-state index in [2.05, 4.69) is 175 Å². The number of rotatable bonds is 5. The maximum absolute atomic E-state index is 3.81. The number of aromatic amines is 1. The summed E-state index contributed by atoms with van der Waals surface area (Å²) < 4.78 is 0. The average molecular weight is 548 g/mol. The molecular formula is C42H29N. The summed E-state index contributed by atoms with van der Waals surface area (Å²) >= 11 is 0. The van der Waals surface area contributed by atoms with Crippen molar-refractivity contribution in [2.24, 2.45) is 0 Å². The molecule has 43 heavy (non-hydrogen) atoms. The van der Waals surface area contributed by atoms with Crippen molar-refractivity contribution < 1.29 is 0 Å². The minimum Gasteiger partial charge on any atom is -0.354 e. The van der Waals surface area contributed by atoms with E-state index in [1.54, 1.807) is 0 Å². The smallest absolute Gasteiger partial charge is 0.0544 e. The van der Waals surface area contributed by atoms with Gasteiger partial charge < -0.3 is 4.98 Å². The lowest BCUT2D eigenvalue weighted by atomic mass is 9.78. The largest absolute Gasteiger partial charge is 0.354 e. The van der Waals surface area contributed by atoms with Crippen molar-refractivity contribution in [3.63, 3.8) is 0 Å². The molecule has 1 aromatic heterocycles. The van der Waals surface area contributed by atoms with Crippen LogP contribution in [0, 0.1) is 0 Å². The van der Waals surface area contributed by atoms with Crippen LogP contribution in [-0.2, 0) is 0 Å². The zero-order chi connectivity index (χ0) is 28.6. The van der Waals surface area contributed by atoms with Gasteiger partial charge in [0.1, 0.15) is 0 Å². The minimum atomic E-state index is 1.15. The van der Waals surface area contributed by atoms with E-state index in [1.807, 2.05) is 0 Å². The quantitative estimate of drug-likeness (QED) is 0.221. The first-order valence-electron chi connectivity index (χ1n) is 14.8. The number of aromatic nitrogens is 1. The molecule has 0 amide bonds. The molecule has 1 heterocycles. The molecule has 7 aromatic carbocycles. The van der Waals surface area contributed by atoms with Gasteiger partial charge in [0.15, 0.2) is 0 Å². The highest BCUT2D eigenvalue weighted by atomic mass is 14.7. The van der Waals surface area contributed by atoms with Gasteiger partial charge in [-0.05, 0) is 56.6 Å². The zero-order valence-corrected chi connectivity index (χ0v) is 23.7. The van der Waals surface area contributed by atoms with Gasteiger partial charge in [-0.15, -0.1) is 0 Å². The van der Waals surface area contributed by atoms with E-state index in [0.717, 1.165) is 11.0 Å². The van der Waals surface area contributed by atoms with Crippen LogP contribution in [0.1, 0.15) is 0 Å². The Morgan fingerprint density at radius 1 is 0.302 bits per heavy atom. The van der Waals surface area contributed by atoms with E-state index in [1.165, 1.54) is 66.4 Å². The molecule has 0 saturated carbocycles. The summed E-state index contributed by atoms with van der Waals surface area (Å²) in [5.41, 5.74) is 14.4. The van der Waals surface area contributed by atoms with Crippen LogP contribution in [0.4, 0.5) is 0 Å². The van der Waals surface area contributed by atoms with Crippen molar-refractivity contribution in [1.82, 2.24) is 4.98 Å². The first-order valence-corrected chi connectivity index (χ1v) is 14.8. The fraction of sp³-hybridized carbons (Fsp3) is 0. The van der Waals surface area contributed by atoms with E-state index in [-0.39, 0.29) is 0 Å². The Morgan fingerprint density at radius 3 is 1.37 bits per heavy atom. The third-order valence-electron chi connectivity index (χ3n) is 8.43. The van der Waals surface area contributed by atoms with Crippen molar-refractivity contribution >= 4 is 21.8 Å². The van der Waals surface area contributed by atoms with E-state index >= 15 is 0 Å². The maximum Gasteiger partial charge on any atom is 0.0544 e. The first kappa shape index (κ1) is 25.1. The summed E-state index contributed by atoms with van der Waals surface area (Å²) in [6, 6.07) is 61.1. The predicted octanol–water partition coefficient (Wildman–Crippen LogP) is 11.7. The molecule has 0 atom stereocenters. The summed E-state index contributed by atoms with van der Waals surface area (Å²) in [6.07, 6.45) is 0. The second kappa shape index (κ2) is 10.6. The van der Waals surface area contributed by atoms with Gasteiger partial charge in [0.05, 0.1) is 5.52 Å². The number of nitrogens with one attached hydrogen (secondary N) is 1. The number of hydrogen-bond acceptors (Lipinski definition) is 0. The highest BCUT2D eigenvalue weighted by Gasteiger charge is 2.25. The monoisotopic (exact) mass is 547 g/mol. The Bertz CT molecular complexity index is 2190. The highest BCUT2D eigenvalue weighted by Crippen LogP contribution is 2.51. The van der Waals surface area contributed by atoms with Crippen LogP contribution in [0.15, 0.2) is 170 Å². The average Bonchev–Trinajstić information content (AvgIpc) is 3.48. The predicted molar refractivity (Wildman–Crippen MR) is 183 cm³/mol. The summed E-state index contributed by atoms with van der Waals surface area (Å²) in [7, 11) is 0. The molecule has 0 aliphatic heterocycles. The number of H-pyrrole nitrogens is 1. The molecule has 0 bridgehead atoms. The molecule has 202 valence electrons. The van der Waals surface area contributed by atoms with Gasteiger partial charge in [0, 0.05) is 27.4 Å². The molecule has 0 spiro atoms. The first-order chi connectivity index (χ1) is 21.4. The molecule has 0 aliphatic carbocycles. The number of fused-ring (bicyclic) bond motifs is 3. The highest BCUT2D eigenvalue weighted by molar-refractivity contribution is 6.16. The number of hydrogen-bond donors (Lipinski definition) is 1. The lowest BCUT2D eigenvalue weighted by Gasteiger charge is -2.24. The standard InChI is InChI=1S/C42H29N/c1-5-16-29(17-6-1)36-28-37(30-18-7-2-8-19-30)41(35-26-15-25-34-33-24-13-14-27-38(33)43-42(34)35)40(32-22-11-4-12-23-32)39(36)31-20-9-3-10-21-31/h1-28,43H. The molecule has 8 rings (SSSR count). The maximum atomic E-state index is 3.81. The van der Waals surface area contributed by atoms with E-state index in [0.29, 0.717) is 0 Å². The van der Waals surface area contributed by atoms with Crippen LogP contribution in [0.5, 0.6) is 0 Å². The molecule has 0 radical (unpaired) electrons. The molecule has 8 aromatic rings. The van der Waals surface area contributed by atoms with Gasteiger partial charge in [0.2, 0.25) is 0 Å². The molecule has 0 fully saturated rings. The van der Waals surface area contributed by atoms with Gasteiger partial charge in [0.25, 0.3) is 0 Å². The molecule has 1 N–H and O–H groups in total. The summed E-state index contributed by atoms with van der Waals surface area (Å²) in [6.45, 7) is 0. The van der Waals surface area contributed by atoms with Crippen LogP contribution in [0.25, 0.3) is 77.4 Å². The lowest BCUT2D eigenvalue weighted by molar-refractivity contribution is 1.51. The van der Waals surface area contributed by atoms with Crippen molar-refractivity contribution in [2.45, 2.75) is 0 Å². The van der Waals surface area contributed by atoms with Crippen LogP contribution in [0.3, 0.4) is 0 Å². The topological polar surface area (TPSA) is 15.8 Å². The van der Waals surface area contributed by atoms with Crippen LogP contribution in [-0.4, -0.2) is 4.98 Å². The molecule has 1 heteroatoms. The molecular weight excluding hydrogens is 518 g/mol. The van der Waals surface area contributed by atoms with Crippen LogP contribution >= 0.6 is 0 Å². The van der Waals surface area contributed by atoms with Gasteiger partial charge in [-0.3, -0.25) is 0 Å². The van der Waals surface area contributed by atoms with Gasteiger partial charge >= 0.3 is 0 Å². The number of benzene rings is 7. The lowest BCUT2D eigenvalue weighted by Crippen LogP contribution is -1.98. The summed E-state index contributed by atoms with van der Waals surface area (Å²) in [5, 5.41) is 2.48. The molecule has 1 nitrogen and oxygen atoms in total. The third kappa shape index (κ3) is 4.34. The summed E-state index contributed by atoms with van der Waals surface area (Å²) in [4.78, 5) is 3.81. The van der Waals surface area contributed by atoms with Crippen LogP contribution < -0.4 is 0 Å². The minimum absolute atomic E-state index is 1.15. The van der Waals surface area contributed by atoms with Crippen molar-refractivity contribution in [3.8, 4) is 55.6 Å². The van der Waals surface area contributed by atoms with E-state index < -0.39 is 0 Å². The Balaban J connectivity index is 1.61. The Labute approximate surface area is 251 Å². The second-order valence-corrected chi connectivity index (χ2v) is 11.0. The van der Waals surface area contributed by atoms with Crippen LogP contribution in [0.2, 0.25) is 0 Å². The normalized spacial score (nSPS) is 11.3. The van der Waals surface area contributed by atoms with Crippen molar-refractivity contribution in [1.29, 1.82) is 0 Å². The van der Waals surface area contributed by atoms with E-state index in [4.69, 9.17) is 0 Å². The van der Waals surface area contributed by atoms with Crippen molar-refractivity contribution in [2.75, 3.05) is 0 Å². The summed E-state index contributed by atoms with van der Waals surface area (Å²) in [5.74, 6) is 0. The van der Waals surface area contributed by atoms with Gasteiger partial charge in [-0.25, -0.2) is 0 Å². The fourth-order valence-electron chi connectivity index (χ4n) is 6.53. The zero-order valence-electron chi connectivity index (χ0n) is 23.7.